The van der Waals surface area contributed by atoms with Gasteiger partial charge in [0.1, 0.15) is 0 Å². The molecule has 0 spiro atoms. The lowest BCUT2D eigenvalue weighted by molar-refractivity contribution is -0.140. The number of carboxylic acid groups (broad SMARTS) is 2. The second kappa shape index (κ2) is 7.32. The molecule has 0 saturated carbocycles. The molecular weight excluding hydrogens is 234 g/mol. The molecule has 1 aromatic rings. The van der Waals surface area contributed by atoms with Gasteiger partial charge in [0.2, 0.25) is 0 Å². The second-order valence-corrected chi connectivity index (χ2v) is 4.21. The minimum absolute atomic E-state index is 0.231. The topological polar surface area (TPSA) is 77.8 Å². The van der Waals surface area contributed by atoms with E-state index in [1.807, 2.05) is 20.2 Å². The van der Waals surface area contributed by atoms with Gasteiger partial charge in [0.05, 0.1) is 17.2 Å². The number of benzene rings is 1. The lowest BCUT2D eigenvalue weighted by Gasteiger charge is -2.14. The molecule has 0 bridgehead atoms. The summed E-state index contributed by atoms with van der Waals surface area (Å²) in [6, 6.07) is 6.92. The van der Waals surface area contributed by atoms with Crippen molar-refractivity contribution >= 4 is 17.6 Å². The predicted octanol–water partition coefficient (Wildman–Crippen LogP) is 2.18. The number of rotatable bonds is 3. The molecule has 18 heavy (non-hydrogen) atoms. The van der Waals surface area contributed by atoms with Gasteiger partial charge in [-0.05, 0) is 12.1 Å². The Morgan fingerprint density at radius 1 is 1.11 bits per heavy atom. The summed E-state index contributed by atoms with van der Waals surface area (Å²) >= 11 is 0. The van der Waals surface area contributed by atoms with Gasteiger partial charge < -0.3 is 15.1 Å². The number of hydrogen-bond donors (Lipinski definition) is 2. The molecule has 0 heterocycles. The Hall–Kier alpha value is -2.04. The van der Waals surface area contributed by atoms with Crippen LogP contribution in [0.5, 0.6) is 0 Å². The average molecular weight is 253 g/mol. The number of aromatic carboxylic acids is 1. The number of nitrogens with zero attached hydrogens (tertiary/aromatic N) is 1. The maximum atomic E-state index is 10.7. The molecule has 0 saturated heterocycles. The van der Waals surface area contributed by atoms with Crippen molar-refractivity contribution in [2.45, 2.75) is 13.8 Å². The van der Waals surface area contributed by atoms with Gasteiger partial charge >= 0.3 is 11.9 Å². The first kappa shape index (κ1) is 16.0. The van der Waals surface area contributed by atoms with Crippen molar-refractivity contribution in [1.82, 2.24) is 0 Å². The van der Waals surface area contributed by atoms with Gasteiger partial charge in [0.25, 0.3) is 0 Å². The van der Waals surface area contributed by atoms with Crippen molar-refractivity contribution in [2.24, 2.45) is 5.92 Å². The summed E-state index contributed by atoms with van der Waals surface area (Å²) in [5.41, 5.74) is 1.06. The summed E-state index contributed by atoms with van der Waals surface area (Å²) in [6.45, 7) is 3.28. The minimum Gasteiger partial charge on any atom is -0.481 e. The van der Waals surface area contributed by atoms with E-state index in [1.165, 1.54) is 0 Å². The first-order chi connectivity index (χ1) is 8.27. The van der Waals surface area contributed by atoms with Gasteiger partial charge in [0, 0.05) is 14.1 Å². The fourth-order valence-electron chi connectivity index (χ4n) is 1.04. The van der Waals surface area contributed by atoms with Crippen molar-refractivity contribution in [2.75, 3.05) is 19.0 Å². The highest BCUT2D eigenvalue weighted by Gasteiger charge is 2.09. The van der Waals surface area contributed by atoms with Crippen LogP contribution in [-0.4, -0.2) is 36.2 Å². The summed E-state index contributed by atoms with van der Waals surface area (Å²) in [7, 11) is 3.64. The Bertz CT molecular complexity index is 413. The normalized spacial score (nSPS) is 9.39. The lowest BCUT2D eigenvalue weighted by Crippen LogP contribution is -2.13. The van der Waals surface area contributed by atoms with E-state index in [4.69, 9.17) is 10.2 Å². The molecule has 1 rings (SSSR count). The second-order valence-electron chi connectivity index (χ2n) is 4.21. The van der Waals surface area contributed by atoms with E-state index >= 15 is 0 Å². The van der Waals surface area contributed by atoms with Crippen LogP contribution in [0.15, 0.2) is 24.3 Å². The third-order valence-corrected chi connectivity index (χ3v) is 2.11. The molecule has 0 aliphatic heterocycles. The van der Waals surface area contributed by atoms with Crippen LogP contribution in [0.3, 0.4) is 0 Å². The van der Waals surface area contributed by atoms with E-state index in [0.717, 1.165) is 5.69 Å². The van der Waals surface area contributed by atoms with Gasteiger partial charge in [0.15, 0.2) is 0 Å². The monoisotopic (exact) mass is 253 g/mol. The van der Waals surface area contributed by atoms with Crippen molar-refractivity contribution < 1.29 is 19.8 Å². The number of carbonyl (C=O) groups is 2. The Morgan fingerprint density at radius 3 is 1.83 bits per heavy atom. The number of hydrogen-bond acceptors (Lipinski definition) is 3. The van der Waals surface area contributed by atoms with E-state index in [0.29, 0.717) is 5.56 Å². The molecule has 0 atom stereocenters. The highest BCUT2D eigenvalue weighted by molar-refractivity contribution is 5.94. The zero-order valence-electron chi connectivity index (χ0n) is 11.0. The number of para-hydroxylation sites is 1. The number of anilines is 1. The van der Waals surface area contributed by atoms with Gasteiger partial charge in [-0.15, -0.1) is 0 Å². The Labute approximate surface area is 107 Å². The van der Waals surface area contributed by atoms with Crippen LogP contribution < -0.4 is 4.90 Å². The van der Waals surface area contributed by atoms with E-state index < -0.39 is 11.9 Å². The summed E-state index contributed by atoms with van der Waals surface area (Å²) in [6.07, 6.45) is 0. The van der Waals surface area contributed by atoms with Crippen LogP contribution in [0.1, 0.15) is 24.2 Å². The summed E-state index contributed by atoms with van der Waals surface area (Å²) in [5.74, 6) is -1.86. The Kier molecular flexibility index (Phi) is 6.49. The first-order valence-electron chi connectivity index (χ1n) is 5.49. The van der Waals surface area contributed by atoms with Crippen LogP contribution in [0.25, 0.3) is 0 Å². The quantitative estimate of drug-likeness (QED) is 0.863. The van der Waals surface area contributed by atoms with Crippen molar-refractivity contribution in [1.29, 1.82) is 0 Å². The zero-order chi connectivity index (χ0) is 14.3. The largest absolute Gasteiger partial charge is 0.481 e. The van der Waals surface area contributed by atoms with Gasteiger partial charge in [-0.3, -0.25) is 4.79 Å². The average Bonchev–Trinajstić information content (AvgIpc) is 2.29. The SMILES string of the molecule is CC(C)C(=O)O.CN(C)c1ccccc1C(=O)O. The smallest absolute Gasteiger partial charge is 0.337 e. The summed E-state index contributed by atoms with van der Waals surface area (Å²) in [4.78, 5) is 22.2. The molecule has 5 nitrogen and oxygen atoms in total. The summed E-state index contributed by atoms with van der Waals surface area (Å²) in [5, 5.41) is 16.8. The maximum absolute atomic E-state index is 10.7. The Balaban J connectivity index is 0.000000411. The fourth-order valence-corrected chi connectivity index (χ4v) is 1.04. The minimum atomic E-state index is -0.890. The fraction of sp³-hybridized carbons (Fsp3) is 0.385. The first-order valence-corrected chi connectivity index (χ1v) is 5.49. The third-order valence-electron chi connectivity index (χ3n) is 2.11. The number of carboxylic acids is 2. The highest BCUT2D eigenvalue weighted by Crippen LogP contribution is 2.17. The lowest BCUT2D eigenvalue weighted by atomic mass is 10.2. The standard InChI is InChI=1S/C9H11NO2.C4H8O2/c1-10(2)8-6-4-3-5-7(8)9(11)12;1-3(2)4(5)6/h3-6H,1-2H3,(H,11,12);3H,1-2H3,(H,5,6). The molecule has 0 fully saturated rings. The van der Waals surface area contributed by atoms with Crippen LogP contribution in [-0.2, 0) is 4.79 Å². The molecule has 0 amide bonds. The molecule has 0 unspecified atom stereocenters. The van der Waals surface area contributed by atoms with E-state index in [1.54, 1.807) is 36.9 Å². The van der Waals surface area contributed by atoms with Crippen LogP contribution in [0.2, 0.25) is 0 Å². The molecule has 1 aromatic carbocycles. The van der Waals surface area contributed by atoms with Gasteiger partial charge in [-0.25, -0.2) is 4.79 Å². The van der Waals surface area contributed by atoms with Crippen LogP contribution in [0.4, 0.5) is 5.69 Å². The third kappa shape index (κ3) is 5.34. The molecule has 5 heteroatoms. The molecule has 0 aliphatic rings. The molecular formula is C13H19NO4. The van der Waals surface area contributed by atoms with E-state index in [9.17, 15) is 9.59 Å². The van der Waals surface area contributed by atoms with E-state index in [2.05, 4.69) is 0 Å². The molecule has 100 valence electrons. The molecule has 2 N–H and O–H groups in total. The van der Waals surface area contributed by atoms with Crippen molar-refractivity contribution in [3.63, 3.8) is 0 Å². The Morgan fingerprint density at radius 2 is 1.56 bits per heavy atom. The van der Waals surface area contributed by atoms with Gasteiger partial charge in [-0.1, -0.05) is 26.0 Å². The van der Waals surface area contributed by atoms with Crippen molar-refractivity contribution in [3.8, 4) is 0 Å². The number of aliphatic carboxylic acids is 1. The van der Waals surface area contributed by atoms with E-state index in [-0.39, 0.29) is 5.92 Å². The van der Waals surface area contributed by atoms with Crippen molar-refractivity contribution in [3.05, 3.63) is 29.8 Å². The molecule has 0 aromatic heterocycles. The van der Waals surface area contributed by atoms with Crippen LogP contribution >= 0.6 is 0 Å². The molecule has 0 radical (unpaired) electrons. The zero-order valence-corrected chi connectivity index (χ0v) is 11.0. The maximum Gasteiger partial charge on any atom is 0.337 e. The van der Waals surface area contributed by atoms with Crippen LogP contribution in [0, 0.1) is 5.92 Å². The van der Waals surface area contributed by atoms with Gasteiger partial charge in [-0.2, -0.15) is 0 Å². The predicted molar refractivity (Wildman–Crippen MR) is 70.2 cm³/mol. The summed E-state index contributed by atoms with van der Waals surface area (Å²) < 4.78 is 0. The highest BCUT2D eigenvalue weighted by atomic mass is 16.4. The molecule has 0 aliphatic carbocycles.